The van der Waals surface area contributed by atoms with Crippen molar-refractivity contribution in [1.82, 2.24) is 4.98 Å². The summed E-state index contributed by atoms with van der Waals surface area (Å²) in [5.41, 5.74) is 6.13. The number of aromatic nitrogens is 1. The smallest absolute Gasteiger partial charge is 0.126 e. The number of hydrogen-bond donors (Lipinski definition) is 2. The molecule has 0 spiro atoms. The Morgan fingerprint density at radius 2 is 2.36 bits per heavy atom. The summed E-state index contributed by atoms with van der Waals surface area (Å²) in [4.78, 5) is 4.07. The Labute approximate surface area is 86.4 Å². The van der Waals surface area contributed by atoms with Gasteiger partial charge in [0.15, 0.2) is 0 Å². The Balaban J connectivity index is 2.46. The molecule has 3 N–H and O–H groups in total. The lowest BCUT2D eigenvalue weighted by atomic mass is 10.4. The van der Waals surface area contributed by atoms with E-state index in [1.807, 2.05) is 6.92 Å². The Kier molecular flexibility index (Phi) is 3.88. The van der Waals surface area contributed by atoms with Gasteiger partial charge in [-0.05, 0) is 19.1 Å². The van der Waals surface area contributed by atoms with Gasteiger partial charge in [-0.25, -0.2) is 4.98 Å². The summed E-state index contributed by atoms with van der Waals surface area (Å²) >= 11 is 0. The van der Waals surface area contributed by atoms with E-state index in [2.05, 4.69) is 10.3 Å². The molecule has 1 aromatic rings. The molecule has 0 aromatic carbocycles. The molecule has 0 amide bonds. The van der Waals surface area contributed by atoms with Crippen LogP contribution in [0.5, 0.6) is 0 Å². The van der Waals surface area contributed by atoms with Crippen LogP contribution in [0.2, 0.25) is 0 Å². The van der Waals surface area contributed by atoms with Crippen LogP contribution in [0.25, 0.3) is 0 Å². The fraction of sp³-hybridized carbons (Fsp3) is 0.444. The number of anilines is 2. The second-order valence-corrected chi connectivity index (χ2v) is 4.97. The minimum atomic E-state index is -0.803. The van der Waals surface area contributed by atoms with Crippen molar-refractivity contribution in [1.29, 1.82) is 0 Å². The van der Waals surface area contributed by atoms with Gasteiger partial charge < -0.3 is 11.1 Å². The molecule has 0 aliphatic rings. The maximum absolute atomic E-state index is 11.0. The zero-order valence-corrected chi connectivity index (χ0v) is 9.17. The maximum atomic E-state index is 11.0. The van der Waals surface area contributed by atoms with E-state index in [4.69, 9.17) is 5.73 Å². The van der Waals surface area contributed by atoms with E-state index in [9.17, 15) is 4.21 Å². The van der Waals surface area contributed by atoms with E-state index in [1.165, 1.54) is 0 Å². The molecule has 2 atom stereocenters. The van der Waals surface area contributed by atoms with Crippen LogP contribution in [0.15, 0.2) is 18.3 Å². The van der Waals surface area contributed by atoms with Crippen molar-refractivity contribution in [3.05, 3.63) is 18.3 Å². The van der Waals surface area contributed by atoms with Crippen molar-refractivity contribution in [3.63, 3.8) is 0 Å². The lowest BCUT2D eigenvalue weighted by Gasteiger charge is -2.10. The molecule has 0 radical (unpaired) electrons. The monoisotopic (exact) mass is 213 g/mol. The summed E-state index contributed by atoms with van der Waals surface area (Å²) in [6.07, 6.45) is 3.29. The topological polar surface area (TPSA) is 68.0 Å². The van der Waals surface area contributed by atoms with E-state index in [0.717, 1.165) is 5.82 Å². The van der Waals surface area contributed by atoms with E-state index in [1.54, 1.807) is 24.6 Å². The highest BCUT2D eigenvalue weighted by molar-refractivity contribution is 7.84. The molecule has 4 nitrogen and oxygen atoms in total. The van der Waals surface area contributed by atoms with Gasteiger partial charge in [-0.3, -0.25) is 4.21 Å². The molecule has 0 saturated carbocycles. The Morgan fingerprint density at radius 1 is 1.64 bits per heavy atom. The van der Waals surface area contributed by atoms with E-state index in [0.29, 0.717) is 12.2 Å². The third-order valence-corrected chi connectivity index (χ3v) is 3.22. The summed E-state index contributed by atoms with van der Waals surface area (Å²) in [6, 6.07) is 3.59. The number of nitrogens with two attached hydrogens (primary N) is 1. The van der Waals surface area contributed by atoms with Crippen molar-refractivity contribution in [2.45, 2.75) is 12.2 Å². The maximum Gasteiger partial charge on any atom is 0.126 e. The Morgan fingerprint density at radius 3 is 2.86 bits per heavy atom. The molecule has 1 heterocycles. The van der Waals surface area contributed by atoms with Gasteiger partial charge in [-0.2, -0.15) is 0 Å². The number of rotatable bonds is 4. The molecule has 1 aromatic heterocycles. The van der Waals surface area contributed by atoms with Crippen LogP contribution in [-0.2, 0) is 10.8 Å². The van der Waals surface area contributed by atoms with Crippen LogP contribution in [0.1, 0.15) is 6.92 Å². The lowest BCUT2D eigenvalue weighted by molar-refractivity contribution is 0.679. The van der Waals surface area contributed by atoms with Gasteiger partial charge in [-0.15, -0.1) is 0 Å². The van der Waals surface area contributed by atoms with Gasteiger partial charge in [0.2, 0.25) is 0 Å². The first kappa shape index (κ1) is 11.0. The summed E-state index contributed by atoms with van der Waals surface area (Å²) in [7, 11) is -0.803. The molecule has 0 aliphatic carbocycles. The van der Waals surface area contributed by atoms with Crippen molar-refractivity contribution in [2.75, 3.05) is 23.9 Å². The summed E-state index contributed by atoms with van der Waals surface area (Å²) < 4.78 is 11.0. The molecule has 1 rings (SSSR count). The molecule has 0 fully saturated rings. The largest absolute Gasteiger partial charge is 0.397 e. The Bertz CT molecular complexity index is 312. The summed E-state index contributed by atoms with van der Waals surface area (Å²) in [6.45, 7) is 2.58. The second-order valence-electron chi connectivity index (χ2n) is 3.17. The standard InChI is InChI=1S/C9H15N3OS/c1-7(14(2)13)5-11-9-4-3-8(10)6-12-9/h3-4,6-7H,5,10H2,1-2H3,(H,11,12). The first-order valence-electron chi connectivity index (χ1n) is 4.37. The van der Waals surface area contributed by atoms with E-state index < -0.39 is 10.8 Å². The van der Waals surface area contributed by atoms with Gasteiger partial charge in [0.1, 0.15) is 5.82 Å². The van der Waals surface area contributed by atoms with Crippen molar-refractivity contribution in [3.8, 4) is 0 Å². The average Bonchev–Trinajstić information content (AvgIpc) is 2.16. The van der Waals surface area contributed by atoms with Crippen molar-refractivity contribution in [2.24, 2.45) is 0 Å². The number of nitrogens with one attached hydrogen (secondary N) is 1. The Hall–Kier alpha value is -1.10. The lowest BCUT2D eigenvalue weighted by Crippen LogP contribution is -2.21. The normalized spacial score (nSPS) is 14.7. The molecule has 5 heteroatoms. The predicted molar refractivity (Wildman–Crippen MR) is 60.7 cm³/mol. The highest BCUT2D eigenvalue weighted by Gasteiger charge is 2.05. The zero-order chi connectivity index (χ0) is 10.6. The van der Waals surface area contributed by atoms with Gasteiger partial charge in [0.25, 0.3) is 0 Å². The minimum absolute atomic E-state index is 0.120. The van der Waals surface area contributed by atoms with Crippen LogP contribution in [0.3, 0.4) is 0 Å². The molecular weight excluding hydrogens is 198 g/mol. The first-order chi connectivity index (χ1) is 6.59. The quantitative estimate of drug-likeness (QED) is 0.778. The van der Waals surface area contributed by atoms with Crippen molar-refractivity contribution < 1.29 is 4.21 Å². The second kappa shape index (κ2) is 4.95. The predicted octanol–water partition coefficient (Wildman–Crippen LogP) is 0.843. The van der Waals surface area contributed by atoms with Gasteiger partial charge in [0.05, 0.1) is 11.9 Å². The van der Waals surface area contributed by atoms with Crippen LogP contribution in [0, 0.1) is 0 Å². The van der Waals surface area contributed by atoms with Gasteiger partial charge >= 0.3 is 0 Å². The van der Waals surface area contributed by atoms with Crippen LogP contribution < -0.4 is 11.1 Å². The third-order valence-electron chi connectivity index (χ3n) is 1.92. The molecular formula is C9H15N3OS. The molecule has 0 saturated heterocycles. The molecule has 14 heavy (non-hydrogen) atoms. The summed E-state index contributed by atoms with van der Waals surface area (Å²) in [5, 5.41) is 3.21. The first-order valence-corrected chi connectivity index (χ1v) is 5.99. The highest BCUT2D eigenvalue weighted by Crippen LogP contribution is 2.06. The zero-order valence-electron chi connectivity index (χ0n) is 8.36. The molecule has 0 bridgehead atoms. The van der Waals surface area contributed by atoms with Gasteiger partial charge in [-0.1, -0.05) is 0 Å². The van der Waals surface area contributed by atoms with Crippen LogP contribution in [0.4, 0.5) is 11.5 Å². The van der Waals surface area contributed by atoms with Crippen LogP contribution in [-0.4, -0.2) is 27.2 Å². The van der Waals surface area contributed by atoms with Gasteiger partial charge in [0, 0.05) is 28.9 Å². The van der Waals surface area contributed by atoms with Crippen molar-refractivity contribution >= 4 is 22.3 Å². The fourth-order valence-electron chi connectivity index (χ4n) is 0.876. The SMILES string of the molecule is CC(CNc1ccc(N)cn1)S(C)=O. The number of nitrogens with zero attached hydrogens (tertiary/aromatic N) is 1. The molecule has 2 unspecified atom stereocenters. The highest BCUT2D eigenvalue weighted by atomic mass is 32.2. The average molecular weight is 213 g/mol. The third kappa shape index (κ3) is 3.33. The van der Waals surface area contributed by atoms with Crippen LogP contribution >= 0.6 is 0 Å². The number of nitrogen functional groups attached to an aromatic ring is 1. The molecule has 78 valence electrons. The fourth-order valence-corrected chi connectivity index (χ4v) is 1.19. The number of hydrogen-bond acceptors (Lipinski definition) is 4. The minimum Gasteiger partial charge on any atom is -0.397 e. The summed E-state index contributed by atoms with van der Waals surface area (Å²) in [5.74, 6) is 0.761. The molecule has 0 aliphatic heterocycles. The van der Waals surface area contributed by atoms with E-state index >= 15 is 0 Å². The number of pyridine rings is 1. The van der Waals surface area contributed by atoms with E-state index in [-0.39, 0.29) is 5.25 Å².